The molecule has 1 aromatic heterocycles. The highest BCUT2D eigenvalue weighted by molar-refractivity contribution is 7.11. The summed E-state index contributed by atoms with van der Waals surface area (Å²) >= 11 is 1.92. The Labute approximate surface area is 144 Å². The second-order valence-corrected chi connectivity index (χ2v) is 7.77. The van der Waals surface area contributed by atoms with Crippen LogP contribution in [-0.4, -0.2) is 43.8 Å². The highest BCUT2D eigenvalue weighted by atomic mass is 32.1. The molecule has 0 spiro atoms. The number of aliphatic imine (C=N–C) groups is 1. The first-order valence-corrected chi connectivity index (χ1v) is 9.33. The standard InChI is InChI=1S/C17H30N4OS/c1-17(2,22-4)12-20-16(18-3)19-11-7-10-15-21-13-8-5-6-9-14(13)23-15/h5-12H2,1-4H3,(H2,18,19,20). The van der Waals surface area contributed by atoms with Crippen molar-refractivity contribution in [2.45, 2.75) is 58.0 Å². The van der Waals surface area contributed by atoms with E-state index in [2.05, 4.69) is 29.5 Å². The molecule has 0 bridgehead atoms. The van der Waals surface area contributed by atoms with E-state index in [-0.39, 0.29) is 5.60 Å². The first-order valence-electron chi connectivity index (χ1n) is 8.51. The fourth-order valence-corrected chi connectivity index (χ4v) is 3.75. The third kappa shape index (κ3) is 5.77. The second-order valence-electron chi connectivity index (χ2n) is 6.60. The average molecular weight is 339 g/mol. The summed E-state index contributed by atoms with van der Waals surface area (Å²) in [6.45, 7) is 5.73. The molecule has 1 aliphatic carbocycles. The van der Waals surface area contributed by atoms with Crippen LogP contribution < -0.4 is 10.6 Å². The SMILES string of the molecule is CN=C(NCCCc1nc2c(s1)CCCC2)NCC(C)(C)OC. The van der Waals surface area contributed by atoms with Gasteiger partial charge < -0.3 is 15.4 Å². The number of methoxy groups -OCH3 is 1. The lowest BCUT2D eigenvalue weighted by Crippen LogP contribution is -2.45. The fraction of sp³-hybridized carbons (Fsp3) is 0.765. The number of hydrogen-bond acceptors (Lipinski definition) is 4. The zero-order valence-corrected chi connectivity index (χ0v) is 15.7. The molecule has 130 valence electrons. The fourth-order valence-electron chi connectivity index (χ4n) is 2.55. The molecule has 1 aromatic rings. The molecule has 23 heavy (non-hydrogen) atoms. The molecule has 0 unspecified atom stereocenters. The zero-order chi connectivity index (χ0) is 16.7. The van der Waals surface area contributed by atoms with E-state index in [1.54, 1.807) is 14.2 Å². The number of nitrogens with one attached hydrogen (secondary N) is 2. The predicted molar refractivity (Wildman–Crippen MR) is 97.5 cm³/mol. The van der Waals surface area contributed by atoms with E-state index in [0.717, 1.165) is 31.9 Å². The quantitative estimate of drug-likeness (QED) is 0.456. The average Bonchev–Trinajstić information content (AvgIpc) is 2.97. The van der Waals surface area contributed by atoms with Gasteiger partial charge in [0, 0.05) is 38.5 Å². The molecule has 5 nitrogen and oxygen atoms in total. The van der Waals surface area contributed by atoms with Crippen molar-refractivity contribution < 1.29 is 4.74 Å². The van der Waals surface area contributed by atoms with Gasteiger partial charge >= 0.3 is 0 Å². The van der Waals surface area contributed by atoms with Gasteiger partial charge in [0.15, 0.2) is 5.96 Å². The van der Waals surface area contributed by atoms with Crippen LogP contribution in [0.4, 0.5) is 0 Å². The summed E-state index contributed by atoms with van der Waals surface area (Å²) in [5, 5.41) is 7.95. The van der Waals surface area contributed by atoms with Crippen molar-refractivity contribution in [1.82, 2.24) is 15.6 Å². The number of aryl methyl sites for hydroxylation is 3. The molecular formula is C17H30N4OS. The van der Waals surface area contributed by atoms with E-state index in [1.807, 2.05) is 11.3 Å². The van der Waals surface area contributed by atoms with E-state index in [4.69, 9.17) is 9.72 Å². The van der Waals surface area contributed by atoms with E-state index < -0.39 is 0 Å². The maximum absolute atomic E-state index is 5.40. The molecule has 0 amide bonds. The van der Waals surface area contributed by atoms with Crippen molar-refractivity contribution in [3.63, 3.8) is 0 Å². The van der Waals surface area contributed by atoms with Gasteiger partial charge in [-0.1, -0.05) is 0 Å². The van der Waals surface area contributed by atoms with Crippen molar-refractivity contribution in [3.05, 3.63) is 15.6 Å². The maximum Gasteiger partial charge on any atom is 0.191 e. The van der Waals surface area contributed by atoms with Crippen LogP contribution in [0.5, 0.6) is 0 Å². The van der Waals surface area contributed by atoms with E-state index in [0.29, 0.717) is 0 Å². The minimum Gasteiger partial charge on any atom is -0.377 e. The molecule has 0 saturated heterocycles. The summed E-state index contributed by atoms with van der Waals surface area (Å²) in [4.78, 5) is 10.6. The third-order valence-electron chi connectivity index (χ3n) is 4.21. The lowest BCUT2D eigenvalue weighted by molar-refractivity contribution is 0.0268. The lowest BCUT2D eigenvalue weighted by Gasteiger charge is -2.24. The summed E-state index contributed by atoms with van der Waals surface area (Å²) in [5.74, 6) is 0.827. The number of fused-ring (bicyclic) bond motifs is 1. The van der Waals surface area contributed by atoms with Crippen LogP contribution in [0.2, 0.25) is 0 Å². The van der Waals surface area contributed by atoms with Gasteiger partial charge in [0.05, 0.1) is 16.3 Å². The van der Waals surface area contributed by atoms with Crippen LogP contribution in [-0.2, 0) is 24.0 Å². The first kappa shape index (κ1) is 18.2. The van der Waals surface area contributed by atoms with Gasteiger partial charge in [0.25, 0.3) is 0 Å². The molecule has 0 saturated carbocycles. The lowest BCUT2D eigenvalue weighted by atomic mass is 10.0. The Morgan fingerprint density at radius 2 is 2.09 bits per heavy atom. The molecule has 6 heteroatoms. The highest BCUT2D eigenvalue weighted by Gasteiger charge is 2.17. The van der Waals surface area contributed by atoms with Crippen molar-refractivity contribution in [2.24, 2.45) is 4.99 Å². The summed E-state index contributed by atoms with van der Waals surface area (Å²) in [6.07, 6.45) is 7.16. The Morgan fingerprint density at radius 3 is 2.78 bits per heavy atom. The summed E-state index contributed by atoms with van der Waals surface area (Å²) in [7, 11) is 3.52. The summed E-state index contributed by atoms with van der Waals surface area (Å²) in [5.41, 5.74) is 1.17. The maximum atomic E-state index is 5.40. The van der Waals surface area contributed by atoms with Gasteiger partial charge in [-0.25, -0.2) is 4.98 Å². The Hall–Kier alpha value is -1.14. The monoisotopic (exact) mass is 338 g/mol. The molecule has 2 rings (SSSR count). The Morgan fingerprint density at radius 1 is 1.30 bits per heavy atom. The van der Waals surface area contributed by atoms with Crippen LogP contribution in [0.3, 0.4) is 0 Å². The smallest absolute Gasteiger partial charge is 0.191 e. The third-order valence-corrected chi connectivity index (χ3v) is 5.42. The Balaban J connectivity index is 1.68. The van der Waals surface area contributed by atoms with Crippen LogP contribution in [0.15, 0.2) is 4.99 Å². The minimum atomic E-state index is -0.197. The van der Waals surface area contributed by atoms with E-state index in [9.17, 15) is 0 Å². The first-order chi connectivity index (χ1) is 11.0. The molecule has 0 radical (unpaired) electrons. The van der Waals surface area contributed by atoms with Crippen LogP contribution in [0.1, 0.15) is 48.7 Å². The van der Waals surface area contributed by atoms with Gasteiger partial charge in [-0.05, 0) is 46.0 Å². The molecular weight excluding hydrogens is 308 g/mol. The number of hydrogen-bond donors (Lipinski definition) is 2. The van der Waals surface area contributed by atoms with Gasteiger partial charge in [-0.15, -0.1) is 11.3 Å². The predicted octanol–water partition coefficient (Wildman–Crippen LogP) is 2.54. The second kappa shape index (κ2) is 8.64. The Bertz CT molecular complexity index is 501. The molecule has 1 heterocycles. The molecule has 1 aliphatic rings. The molecule has 2 N–H and O–H groups in total. The van der Waals surface area contributed by atoms with Crippen molar-refractivity contribution in [2.75, 3.05) is 27.2 Å². The number of aromatic nitrogens is 1. The molecule has 0 aliphatic heterocycles. The van der Waals surface area contributed by atoms with Gasteiger partial charge in [-0.2, -0.15) is 0 Å². The number of ether oxygens (including phenoxy) is 1. The highest BCUT2D eigenvalue weighted by Crippen LogP contribution is 2.27. The van der Waals surface area contributed by atoms with Crippen molar-refractivity contribution >= 4 is 17.3 Å². The van der Waals surface area contributed by atoms with Gasteiger partial charge in [-0.3, -0.25) is 4.99 Å². The largest absolute Gasteiger partial charge is 0.377 e. The molecule has 0 atom stereocenters. The topological polar surface area (TPSA) is 58.5 Å². The summed E-state index contributed by atoms with van der Waals surface area (Å²) < 4.78 is 5.40. The number of rotatable bonds is 7. The van der Waals surface area contributed by atoms with Crippen molar-refractivity contribution in [3.8, 4) is 0 Å². The van der Waals surface area contributed by atoms with Crippen LogP contribution >= 0.6 is 11.3 Å². The van der Waals surface area contributed by atoms with E-state index >= 15 is 0 Å². The van der Waals surface area contributed by atoms with Gasteiger partial charge in [0.1, 0.15) is 0 Å². The molecule has 0 fully saturated rings. The Kier molecular flexibility index (Phi) is 6.84. The molecule has 0 aromatic carbocycles. The number of nitrogens with zero attached hydrogens (tertiary/aromatic N) is 2. The van der Waals surface area contributed by atoms with Crippen LogP contribution in [0.25, 0.3) is 0 Å². The van der Waals surface area contributed by atoms with Gasteiger partial charge in [0.2, 0.25) is 0 Å². The summed E-state index contributed by atoms with van der Waals surface area (Å²) in [6, 6.07) is 0. The van der Waals surface area contributed by atoms with Crippen molar-refractivity contribution in [1.29, 1.82) is 0 Å². The van der Waals surface area contributed by atoms with E-state index in [1.165, 1.54) is 41.3 Å². The number of guanidine groups is 1. The zero-order valence-electron chi connectivity index (χ0n) is 14.9. The number of thiazole rings is 1. The van der Waals surface area contributed by atoms with Crippen LogP contribution in [0, 0.1) is 0 Å². The minimum absolute atomic E-state index is 0.197. The normalized spacial score (nSPS) is 15.4.